The molecule has 0 bridgehead atoms. The molecule has 2 rings (SSSR count). The summed E-state index contributed by atoms with van der Waals surface area (Å²) < 4.78 is 39.1. The number of halogens is 3. The molecule has 12 nitrogen and oxygen atoms in total. The molecule has 0 unspecified atom stereocenters. The van der Waals surface area contributed by atoms with Crippen LogP contribution in [0.1, 0.15) is 30.4 Å². The fourth-order valence-electron chi connectivity index (χ4n) is 4.45. The number of amides is 5. The van der Waals surface area contributed by atoms with Crippen LogP contribution in [-0.2, 0) is 36.8 Å². The molecule has 0 aliphatic heterocycles. The minimum atomic E-state index is -4.63. The largest absolute Gasteiger partial charge is 0.508 e. The van der Waals surface area contributed by atoms with Gasteiger partial charge in [-0.25, -0.2) is 0 Å². The number of carbonyl (C=O) groups excluding carboxylic acids is 5. The molecule has 0 fully saturated rings. The molecular formula is C31H41F3N6O6S. The standard InChI is InChI=1S/C31H41F3N6O6S/c1-40(25(17-19-6-4-3-5-7-19)30(46)38-23(27(36)43)13-15-47-2)26(42)18-37-29(45)24(12-14-31(32,33)34)39-28(44)22(35)16-20-8-10-21(41)11-9-20/h3-11,22-25,41H,12-18,35H2,1-2H3,(H2,36,43)(H,37,45)(H,38,46)(H,39,44)/t22-,23-,24-,25-/m0/s1. The van der Waals surface area contributed by atoms with Gasteiger partial charge in [0, 0.05) is 19.9 Å². The number of phenolic OH excluding ortho intramolecular Hbond substituents is 1. The van der Waals surface area contributed by atoms with Crippen LogP contribution < -0.4 is 27.4 Å². The summed E-state index contributed by atoms with van der Waals surface area (Å²) in [6.45, 7) is -0.711. The van der Waals surface area contributed by atoms with Crippen LogP contribution >= 0.6 is 11.8 Å². The molecule has 0 aliphatic carbocycles. The van der Waals surface area contributed by atoms with Crippen LogP contribution in [0.3, 0.4) is 0 Å². The highest BCUT2D eigenvalue weighted by atomic mass is 32.2. The van der Waals surface area contributed by atoms with Gasteiger partial charge < -0.3 is 37.4 Å². The van der Waals surface area contributed by atoms with E-state index in [0.717, 1.165) is 4.90 Å². The Kier molecular flexibility index (Phi) is 15.5. The van der Waals surface area contributed by atoms with Gasteiger partial charge >= 0.3 is 6.18 Å². The Morgan fingerprint density at radius 1 is 0.872 bits per heavy atom. The monoisotopic (exact) mass is 682 g/mol. The average Bonchev–Trinajstić information content (AvgIpc) is 3.02. The van der Waals surface area contributed by atoms with Crippen molar-refractivity contribution in [3.63, 3.8) is 0 Å². The topological polar surface area (TPSA) is 197 Å². The molecule has 258 valence electrons. The zero-order valence-electron chi connectivity index (χ0n) is 26.1. The number of rotatable bonds is 18. The number of nitrogens with one attached hydrogen (secondary N) is 3. The van der Waals surface area contributed by atoms with Crippen molar-refractivity contribution < 1.29 is 42.3 Å². The molecule has 0 saturated heterocycles. The number of hydrogen-bond acceptors (Lipinski definition) is 8. The van der Waals surface area contributed by atoms with Gasteiger partial charge in [0.15, 0.2) is 0 Å². The molecule has 2 aromatic carbocycles. The van der Waals surface area contributed by atoms with E-state index in [2.05, 4.69) is 16.0 Å². The molecule has 0 radical (unpaired) electrons. The third kappa shape index (κ3) is 13.9. The van der Waals surface area contributed by atoms with Gasteiger partial charge in [-0.05, 0) is 54.5 Å². The summed E-state index contributed by atoms with van der Waals surface area (Å²) in [4.78, 5) is 65.3. The first-order chi connectivity index (χ1) is 22.1. The van der Waals surface area contributed by atoms with Gasteiger partial charge in [0.1, 0.15) is 23.9 Å². The number of alkyl halides is 3. The third-order valence-electron chi connectivity index (χ3n) is 7.20. The van der Waals surface area contributed by atoms with Crippen LogP contribution in [0.4, 0.5) is 13.2 Å². The van der Waals surface area contributed by atoms with E-state index >= 15 is 0 Å². The zero-order chi connectivity index (χ0) is 35.1. The molecule has 0 spiro atoms. The number of phenols is 1. The Bertz CT molecular complexity index is 1350. The first-order valence-electron chi connectivity index (χ1n) is 14.7. The molecule has 0 aliphatic rings. The Morgan fingerprint density at radius 3 is 2.04 bits per heavy atom. The Morgan fingerprint density at radius 2 is 1.47 bits per heavy atom. The predicted octanol–water partition coefficient (Wildman–Crippen LogP) is 0.998. The highest BCUT2D eigenvalue weighted by molar-refractivity contribution is 7.98. The lowest BCUT2D eigenvalue weighted by Gasteiger charge is -2.29. The summed E-state index contributed by atoms with van der Waals surface area (Å²) >= 11 is 1.45. The van der Waals surface area contributed by atoms with Gasteiger partial charge in [-0.1, -0.05) is 42.5 Å². The minimum absolute atomic E-state index is 0.0103. The lowest BCUT2D eigenvalue weighted by atomic mass is 10.0. The van der Waals surface area contributed by atoms with Gasteiger partial charge in [-0.2, -0.15) is 24.9 Å². The van der Waals surface area contributed by atoms with Crippen molar-refractivity contribution in [2.45, 2.75) is 62.4 Å². The summed E-state index contributed by atoms with van der Waals surface area (Å²) in [5.41, 5.74) is 12.6. The number of nitrogens with zero attached hydrogens (tertiary/aromatic N) is 1. The molecule has 47 heavy (non-hydrogen) atoms. The number of nitrogens with two attached hydrogens (primary N) is 2. The van der Waals surface area contributed by atoms with Crippen molar-refractivity contribution in [1.29, 1.82) is 0 Å². The van der Waals surface area contributed by atoms with Crippen LogP contribution in [0.15, 0.2) is 54.6 Å². The van der Waals surface area contributed by atoms with Crippen molar-refractivity contribution in [2.24, 2.45) is 11.5 Å². The van der Waals surface area contributed by atoms with Crippen molar-refractivity contribution in [1.82, 2.24) is 20.9 Å². The van der Waals surface area contributed by atoms with Gasteiger partial charge in [0.25, 0.3) is 0 Å². The van der Waals surface area contributed by atoms with E-state index in [-0.39, 0.29) is 25.0 Å². The number of aromatic hydroxyl groups is 1. The second kappa shape index (κ2) is 18.7. The molecule has 16 heteroatoms. The van der Waals surface area contributed by atoms with Crippen LogP contribution in [0.5, 0.6) is 5.75 Å². The van der Waals surface area contributed by atoms with Gasteiger partial charge in [-0.15, -0.1) is 0 Å². The smallest absolute Gasteiger partial charge is 0.389 e. The first-order valence-corrected chi connectivity index (χ1v) is 16.1. The van der Waals surface area contributed by atoms with E-state index in [1.165, 1.54) is 43.1 Å². The molecule has 0 heterocycles. The molecule has 4 atom stereocenters. The quantitative estimate of drug-likeness (QED) is 0.134. The number of hydrogen-bond donors (Lipinski definition) is 6. The van der Waals surface area contributed by atoms with E-state index in [9.17, 15) is 42.3 Å². The molecule has 5 amide bonds. The fourth-order valence-corrected chi connectivity index (χ4v) is 4.92. The summed E-state index contributed by atoms with van der Waals surface area (Å²) in [7, 11) is 1.31. The highest BCUT2D eigenvalue weighted by Gasteiger charge is 2.33. The summed E-state index contributed by atoms with van der Waals surface area (Å²) in [5.74, 6) is -3.61. The molecule has 8 N–H and O–H groups in total. The van der Waals surface area contributed by atoms with Crippen LogP contribution in [0.25, 0.3) is 0 Å². The van der Waals surface area contributed by atoms with Gasteiger partial charge in [-0.3, -0.25) is 24.0 Å². The Balaban J connectivity index is 2.15. The van der Waals surface area contributed by atoms with Crippen LogP contribution in [0, 0.1) is 0 Å². The van der Waals surface area contributed by atoms with Crippen LogP contribution in [0.2, 0.25) is 0 Å². The molecule has 0 aromatic heterocycles. The highest BCUT2D eigenvalue weighted by Crippen LogP contribution is 2.22. The molecule has 0 saturated carbocycles. The summed E-state index contributed by atoms with van der Waals surface area (Å²) in [6, 6.07) is 9.47. The molecule has 2 aromatic rings. The van der Waals surface area contributed by atoms with E-state index < -0.39 is 79.3 Å². The third-order valence-corrected chi connectivity index (χ3v) is 7.84. The molecular weight excluding hydrogens is 641 g/mol. The van der Waals surface area contributed by atoms with Crippen LogP contribution in [-0.4, -0.2) is 95.5 Å². The van der Waals surface area contributed by atoms with Crippen molar-refractivity contribution >= 4 is 41.3 Å². The number of likely N-dealkylation sites (N-methyl/N-ethyl adjacent to an activating group) is 1. The maximum absolute atomic E-state index is 13.3. The maximum atomic E-state index is 13.3. The number of carbonyl (C=O) groups is 5. The van der Waals surface area contributed by atoms with Gasteiger partial charge in [0.05, 0.1) is 12.6 Å². The van der Waals surface area contributed by atoms with Gasteiger partial charge in [0.2, 0.25) is 29.5 Å². The predicted molar refractivity (Wildman–Crippen MR) is 171 cm³/mol. The fraction of sp³-hybridized carbons (Fsp3) is 0.452. The van der Waals surface area contributed by atoms with E-state index in [4.69, 9.17) is 11.5 Å². The number of thioether (sulfide) groups is 1. The zero-order valence-corrected chi connectivity index (χ0v) is 26.9. The Hall–Kier alpha value is -4.31. The first kappa shape index (κ1) is 38.9. The SMILES string of the molecule is CSCC[C@H](NC(=O)[C@H](Cc1ccccc1)N(C)C(=O)CNC(=O)[C@H](CCC(F)(F)F)NC(=O)[C@@H](N)Cc1ccc(O)cc1)C(N)=O. The van der Waals surface area contributed by atoms with Crippen molar-refractivity contribution in [3.8, 4) is 5.75 Å². The second-order valence-corrected chi connectivity index (χ2v) is 11.9. The Labute approximate surface area is 275 Å². The normalized spacial score (nSPS) is 13.8. The summed E-state index contributed by atoms with van der Waals surface area (Å²) in [5, 5.41) is 16.5. The van der Waals surface area contributed by atoms with E-state index in [1.807, 2.05) is 6.26 Å². The van der Waals surface area contributed by atoms with E-state index in [0.29, 0.717) is 16.9 Å². The number of primary amides is 1. The van der Waals surface area contributed by atoms with Crippen molar-refractivity contribution in [2.75, 3.05) is 25.6 Å². The summed E-state index contributed by atoms with van der Waals surface area (Å²) in [6.07, 6.45) is -4.75. The lowest BCUT2D eigenvalue weighted by Crippen LogP contribution is -2.56. The minimum Gasteiger partial charge on any atom is -0.508 e. The van der Waals surface area contributed by atoms with Crippen molar-refractivity contribution in [3.05, 3.63) is 65.7 Å². The second-order valence-electron chi connectivity index (χ2n) is 10.9. The van der Waals surface area contributed by atoms with E-state index in [1.54, 1.807) is 30.3 Å². The lowest BCUT2D eigenvalue weighted by molar-refractivity contribution is -0.143. The maximum Gasteiger partial charge on any atom is 0.389 e. The number of benzene rings is 2. The average molecular weight is 683 g/mol.